The van der Waals surface area contributed by atoms with Gasteiger partial charge in [0.15, 0.2) is 0 Å². The molecule has 7 heteroatoms. The molecule has 1 amide bonds. The summed E-state index contributed by atoms with van der Waals surface area (Å²) in [6, 6.07) is 10.1. The third kappa shape index (κ3) is 3.62. The second kappa shape index (κ2) is 8.22. The minimum atomic E-state index is -0.105. The molecule has 0 aliphatic carbocycles. The Morgan fingerprint density at radius 1 is 1.07 bits per heavy atom. The van der Waals surface area contributed by atoms with Crippen molar-refractivity contribution in [3.8, 4) is 11.1 Å². The first-order valence-electron chi connectivity index (χ1n) is 10.8. The van der Waals surface area contributed by atoms with E-state index < -0.39 is 0 Å². The third-order valence-corrected chi connectivity index (χ3v) is 7.20. The SMILES string of the molecule is O=C([C@@H]1CCCN(c2nc3c(-c4ccccc4)csc3c(=O)[nH]2)C1)N1CCCCC1. The largest absolute Gasteiger partial charge is 0.342 e. The number of aromatic amines is 1. The quantitative estimate of drug-likeness (QED) is 0.695. The Labute approximate surface area is 179 Å². The number of nitrogens with one attached hydrogen (secondary N) is 1. The molecule has 2 saturated heterocycles. The van der Waals surface area contributed by atoms with Gasteiger partial charge >= 0.3 is 0 Å². The molecule has 2 aliphatic rings. The van der Waals surface area contributed by atoms with Crippen molar-refractivity contribution in [2.45, 2.75) is 32.1 Å². The summed E-state index contributed by atoms with van der Waals surface area (Å²) in [5.74, 6) is 0.830. The molecule has 1 aromatic carbocycles. The summed E-state index contributed by atoms with van der Waals surface area (Å²) in [6.45, 7) is 3.19. The number of carbonyl (C=O) groups is 1. The zero-order valence-electron chi connectivity index (χ0n) is 17.0. The standard InChI is InChI=1S/C23H26N4O2S/c28-21-20-19(18(15-30-20)16-8-3-1-4-9-16)24-23(25-21)27-13-7-10-17(14-27)22(29)26-11-5-2-6-12-26/h1,3-4,8-9,15,17H,2,5-7,10-14H2,(H,24,25,28)/t17-/m1/s1. The van der Waals surface area contributed by atoms with E-state index in [0.29, 0.717) is 17.2 Å². The first-order chi connectivity index (χ1) is 14.7. The normalized spacial score (nSPS) is 19.9. The minimum Gasteiger partial charge on any atom is -0.342 e. The molecule has 1 atom stereocenters. The maximum absolute atomic E-state index is 13.0. The molecule has 0 unspecified atom stereocenters. The van der Waals surface area contributed by atoms with Crippen molar-refractivity contribution >= 4 is 33.4 Å². The lowest BCUT2D eigenvalue weighted by molar-refractivity contribution is -0.136. The van der Waals surface area contributed by atoms with Gasteiger partial charge in [-0.25, -0.2) is 4.98 Å². The zero-order valence-corrected chi connectivity index (χ0v) is 17.8. The molecule has 0 bridgehead atoms. The Hall–Kier alpha value is -2.67. The molecule has 3 aromatic rings. The Balaban J connectivity index is 1.44. The summed E-state index contributed by atoms with van der Waals surface area (Å²) < 4.78 is 0.649. The number of fused-ring (bicyclic) bond motifs is 1. The van der Waals surface area contributed by atoms with E-state index in [0.717, 1.165) is 62.0 Å². The number of hydrogen-bond acceptors (Lipinski definition) is 5. The summed E-state index contributed by atoms with van der Waals surface area (Å²) in [6.07, 6.45) is 5.27. The number of likely N-dealkylation sites (tertiary alicyclic amines) is 1. The fourth-order valence-electron chi connectivity index (χ4n) is 4.63. The van der Waals surface area contributed by atoms with Crippen LogP contribution in [0.5, 0.6) is 0 Å². The van der Waals surface area contributed by atoms with Gasteiger partial charge in [-0.2, -0.15) is 0 Å². The molecule has 1 N–H and O–H groups in total. The number of aromatic nitrogens is 2. The van der Waals surface area contributed by atoms with Crippen LogP contribution in [0.2, 0.25) is 0 Å². The third-order valence-electron chi connectivity index (χ3n) is 6.24. The molecular formula is C23H26N4O2S. The van der Waals surface area contributed by atoms with E-state index in [1.165, 1.54) is 17.8 Å². The second-order valence-electron chi connectivity index (χ2n) is 8.25. The van der Waals surface area contributed by atoms with Crippen molar-refractivity contribution in [2.24, 2.45) is 5.92 Å². The van der Waals surface area contributed by atoms with Crippen LogP contribution in [-0.2, 0) is 4.79 Å². The van der Waals surface area contributed by atoms with Crippen LogP contribution in [0.4, 0.5) is 5.95 Å². The lowest BCUT2D eigenvalue weighted by Gasteiger charge is -2.36. The number of hydrogen-bond donors (Lipinski definition) is 1. The summed E-state index contributed by atoms with van der Waals surface area (Å²) in [4.78, 5) is 37.7. The fraction of sp³-hybridized carbons (Fsp3) is 0.435. The Kier molecular flexibility index (Phi) is 5.29. The van der Waals surface area contributed by atoms with Crippen LogP contribution in [0, 0.1) is 5.92 Å². The molecule has 30 heavy (non-hydrogen) atoms. The molecule has 5 rings (SSSR count). The molecule has 0 radical (unpaired) electrons. The number of carbonyl (C=O) groups excluding carboxylic acids is 1. The van der Waals surface area contributed by atoms with Gasteiger partial charge in [0, 0.05) is 37.1 Å². The maximum atomic E-state index is 13.0. The molecule has 4 heterocycles. The van der Waals surface area contributed by atoms with Crippen molar-refractivity contribution in [1.82, 2.24) is 14.9 Å². The van der Waals surface area contributed by atoms with Crippen LogP contribution >= 0.6 is 11.3 Å². The number of thiophene rings is 1. The van der Waals surface area contributed by atoms with E-state index in [-0.39, 0.29) is 17.4 Å². The van der Waals surface area contributed by atoms with Gasteiger partial charge in [0.1, 0.15) is 4.70 Å². The molecule has 6 nitrogen and oxygen atoms in total. The molecule has 156 valence electrons. The highest BCUT2D eigenvalue weighted by Gasteiger charge is 2.31. The van der Waals surface area contributed by atoms with Crippen molar-refractivity contribution < 1.29 is 4.79 Å². The second-order valence-corrected chi connectivity index (χ2v) is 9.13. The predicted molar refractivity (Wildman–Crippen MR) is 121 cm³/mol. The average molecular weight is 423 g/mol. The van der Waals surface area contributed by atoms with Crippen molar-refractivity contribution in [1.29, 1.82) is 0 Å². The molecule has 2 fully saturated rings. The van der Waals surface area contributed by atoms with E-state index in [2.05, 4.69) is 9.88 Å². The molecule has 2 aromatic heterocycles. The van der Waals surface area contributed by atoms with Crippen LogP contribution in [0.25, 0.3) is 21.3 Å². The Morgan fingerprint density at radius 3 is 2.67 bits per heavy atom. The van der Waals surface area contributed by atoms with Crippen LogP contribution in [0.15, 0.2) is 40.5 Å². The smallest absolute Gasteiger partial charge is 0.270 e. The van der Waals surface area contributed by atoms with E-state index in [1.807, 2.05) is 40.6 Å². The lowest BCUT2D eigenvalue weighted by Crippen LogP contribution is -2.47. The van der Waals surface area contributed by atoms with E-state index in [9.17, 15) is 9.59 Å². The van der Waals surface area contributed by atoms with Gasteiger partial charge in [-0.05, 0) is 37.7 Å². The van der Waals surface area contributed by atoms with Crippen molar-refractivity contribution in [3.05, 3.63) is 46.1 Å². The predicted octanol–water partition coefficient (Wildman–Crippen LogP) is 3.88. The summed E-state index contributed by atoms with van der Waals surface area (Å²) in [5, 5.41) is 2.00. The molecule has 0 saturated carbocycles. The van der Waals surface area contributed by atoms with Crippen molar-refractivity contribution in [2.75, 3.05) is 31.1 Å². The maximum Gasteiger partial charge on any atom is 0.270 e. The zero-order chi connectivity index (χ0) is 20.5. The number of piperidine rings is 2. The van der Waals surface area contributed by atoms with Crippen LogP contribution in [0.1, 0.15) is 32.1 Å². The van der Waals surface area contributed by atoms with Gasteiger partial charge in [-0.1, -0.05) is 30.3 Å². The Morgan fingerprint density at radius 2 is 1.87 bits per heavy atom. The number of anilines is 1. The number of benzene rings is 1. The molecular weight excluding hydrogens is 396 g/mol. The Bertz CT molecular complexity index is 1100. The van der Waals surface area contributed by atoms with Crippen LogP contribution in [0.3, 0.4) is 0 Å². The number of rotatable bonds is 3. The van der Waals surface area contributed by atoms with Gasteiger partial charge in [0.2, 0.25) is 11.9 Å². The fourth-order valence-corrected chi connectivity index (χ4v) is 5.54. The minimum absolute atomic E-state index is 0.0195. The molecule has 2 aliphatic heterocycles. The van der Waals surface area contributed by atoms with Crippen LogP contribution < -0.4 is 10.5 Å². The van der Waals surface area contributed by atoms with Gasteiger partial charge < -0.3 is 9.80 Å². The summed E-state index contributed by atoms with van der Waals surface area (Å²) in [5.41, 5.74) is 2.69. The van der Waals surface area contributed by atoms with Crippen molar-refractivity contribution in [3.63, 3.8) is 0 Å². The highest BCUT2D eigenvalue weighted by Crippen LogP contribution is 2.32. The number of H-pyrrole nitrogens is 1. The van der Waals surface area contributed by atoms with E-state index >= 15 is 0 Å². The van der Waals surface area contributed by atoms with Gasteiger partial charge in [0.25, 0.3) is 5.56 Å². The highest BCUT2D eigenvalue weighted by molar-refractivity contribution is 7.17. The monoisotopic (exact) mass is 422 g/mol. The highest BCUT2D eigenvalue weighted by atomic mass is 32.1. The first-order valence-corrected chi connectivity index (χ1v) is 11.7. The number of nitrogens with zero attached hydrogens (tertiary/aromatic N) is 3. The topological polar surface area (TPSA) is 69.3 Å². The van der Waals surface area contributed by atoms with Gasteiger partial charge in [-0.3, -0.25) is 14.6 Å². The van der Waals surface area contributed by atoms with E-state index in [1.54, 1.807) is 0 Å². The summed E-state index contributed by atoms with van der Waals surface area (Å²) >= 11 is 1.43. The first kappa shape index (κ1) is 19.3. The average Bonchev–Trinajstić information content (AvgIpc) is 3.24. The number of amides is 1. The van der Waals surface area contributed by atoms with E-state index in [4.69, 9.17) is 4.98 Å². The molecule has 0 spiro atoms. The van der Waals surface area contributed by atoms with Gasteiger partial charge in [0.05, 0.1) is 11.4 Å². The lowest BCUT2D eigenvalue weighted by atomic mass is 9.95. The summed E-state index contributed by atoms with van der Waals surface area (Å²) in [7, 11) is 0. The van der Waals surface area contributed by atoms with Gasteiger partial charge in [-0.15, -0.1) is 11.3 Å². The van der Waals surface area contributed by atoms with Crippen LogP contribution in [-0.4, -0.2) is 47.0 Å².